The van der Waals surface area contributed by atoms with E-state index in [2.05, 4.69) is 38.5 Å². The molecule has 2 nitrogen and oxygen atoms in total. The molecule has 0 atom stereocenters. The molecule has 2 aromatic heterocycles. The fourth-order valence-corrected chi connectivity index (χ4v) is 2.57. The van der Waals surface area contributed by atoms with Gasteiger partial charge in [-0.25, -0.2) is 9.97 Å². The first-order valence-electron chi connectivity index (χ1n) is 3.98. The Bertz CT molecular complexity index is 442. The molecule has 0 fully saturated rings. The molecule has 0 unspecified atom stereocenters. The van der Waals surface area contributed by atoms with Crippen LogP contribution >= 0.6 is 39.9 Å². The molecular formula is C9H7BrN2S2. The van der Waals surface area contributed by atoms with Crippen LogP contribution in [0, 0.1) is 0 Å². The zero-order chi connectivity index (χ0) is 9.97. The highest BCUT2D eigenvalue weighted by molar-refractivity contribution is 9.11. The quantitative estimate of drug-likeness (QED) is 0.857. The van der Waals surface area contributed by atoms with Crippen LogP contribution in [0.2, 0.25) is 0 Å². The van der Waals surface area contributed by atoms with E-state index in [1.165, 1.54) is 0 Å². The van der Waals surface area contributed by atoms with Crippen molar-refractivity contribution in [3.63, 3.8) is 0 Å². The van der Waals surface area contributed by atoms with Gasteiger partial charge in [-0.15, -0.1) is 11.3 Å². The number of hydrogen-bond acceptors (Lipinski definition) is 4. The first kappa shape index (κ1) is 10.1. The first-order valence-corrected chi connectivity index (χ1v) is 6.22. The zero-order valence-electron chi connectivity index (χ0n) is 7.14. The summed E-state index contributed by atoms with van der Waals surface area (Å²) in [6.45, 7) is 0. The molecule has 0 amide bonds. The Morgan fingerprint density at radius 3 is 2.86 bits per heavy atom. The molecule has 0 saturated carbocycles. The molecule has 14 heavy (non-hydrogen) atoms. The molecule has 5 heteroatoms. The summed E-state index contributed by atoms with van der Waals surface area (Å²) in [6, 6.07) is 5.97. The van der Waals surface area contributed by atoms with E-state index >= 15 is 0 Å². The number of rotatable bonds is 2. The fourth-order valence-electron chi connectivity index (χ4n) is 1.06. The maximum Gasteiger partial charge on any atom is 0.138 e. The van der Waals surface area contributed by atoms with E-state index in [0.717, 1.165) is 20.2 Å². The van der Waals surface area contributed by atoms with Gasteiger partial charge in [0.1, 0.15) is 5.82 Å². The lowest BCUT2D eigenvalue weighted by Gasteiger charge is -1.98. The highest BCUT2D eigenvalue weighted by Gasteiger charge is 2.03. The Morgan fingerprint density at radius 1 is 1.36 bits per heavy atom. The standard InChI is InChI=1S/C9H7BrN2S2/c10-8-2-1-7(14-8)6-3-4-11-9(5-13)12-6/h1-4,13H,5H2. The Balaban J connectivity index is 2.41. The smallest absolute Gasteiger partial charge is 0.138 e. The Morgan fingerprint density at radius 2 is 2.21 bits per heavy atom. The molecule has 0 aliphatic rings. The number of halogens is 1. The van der Waals surface area contributed by atoms with E-state index < -0.39 is 0 Å². The van der Waals surface area contributed by atoms with Crippen molar-refractivity contribution in [3.8, 4) is 10.6 Å². The van der Waals surface area contributed by atoms with Crippen LogP contribution in [0.4, 0.5) is 0 Å². The predicted molar refractivity (Wildman–Crippen MR) is 65.7 cm³/mol. The van der Waals surface area contributed by atoms with Crippen LogP contribution in [0.3, 0.4) is 0 Å². The van der Waals surface area contributed by atoms with Crippen LogP contribution < -0.4 is 0 Å². The van der Waals surface area contributed by atoms with Gasteiger partial charge in [0.25, 0.3) is 0 Å². The van der Waals surface area contributed by atoms with Gasteiger partial charge in [0.15, 0.2) is 0 Å². The number of hydrogen-bond donors (Lipinski definition) is 1. The molecule has 72 valence electrons. The second-order valence-electron chi connectivity index (χ2n) is 2.62. The van der Waals surface area contributed by atoms with Crippen LogP contribution in [-0.2, 0) is 5.75 Å². The molecule has 0 radical (unpaired) electrons. The minimum absolute atomic E-state index is 0.570. The van der Waals surface area contributed by atoms with Gasteiger partial charge in [0, 0.05) is 6.20 Å². The fraction of sp³-hybridized carbons (Fsp3) is 0.111. The van der Waals surface area contributed by atoms with Crippen LogP contribution in [-0.4, -0.2) is 9.97 Å². The predicted octanol–water partition coefficient (Wildman–Crippen LogP) is 3.40. The van der Waals surface area contributed by atoms with Crippen LogP contribution in [0.5, 0.6) is 0 Å². The van der Waals surface area contributed by atoms with Crippen molar-refractivity contribution in [1.29, 1.82) is 0 Å². The average molecular weight is 287 g/mol. The summed E-state index contributed by atoms with van der Waals surface area (Å²) in [7, 11) is 0. The zero-order valence-corrected chi connectivity index (χ0v) is 10.4. The van der Waals surface area contributed by atoms with Gasteiger partial charge in [-0.1, -0.05) is 0 Å². The molecule has 0 spiro atoms. The molecule has 0 aromatic carbocycles. The van der Waals surface area contributed by atoms with E-state index in [1.807, 2.05) is 18.2 Å². The molecule has 0 aliphatic carbocycles. The highest BCUT2D eigenvalue weighted by atomic mass is 79.9. The lowest BCUT2D eigenvalue weighted by atomic mass is 10.3. The Hall–Kier alpha value is -0.390. The Labute approximate surface area is 100.0 Å². The van der Waals surface area contributed by atoms with E-state index in [-0.39, 0.29) is 0 Å². The highest BCUT2D eigenvalue weighted by Crippen LogP contribution is 2.29. The first-order chi connectivity index (χ1) is 6.79. The molecule has 0 N–H and O–H groups in total. The number of thiophene rings is 1. The van der Waals surface area contributed by atoms with Gasteiger partial charge in [-0.3, -0.25) is 0 Å². The SMILES string of the molecule is SCc1nccc(-c2ccc(Br)s2)n1. The van der Waals surface area contributed by atoms with Crippen molar-refractivity contribution in [2.75, 3.05) is 0 Å². The van der Waals surface area contributed by atoms with Crippen molar-refractivity contribution < 1.29 is 0 Å². The van der Waals surface area contributed by atoms with Gasteiger partial charge in [0.05, 0.1) is 20.1 Å². The van der Waals surface area contributed by atoms with Crippen molar-refractivity contribution in [2.45, 2.75) is 5.75 Å². The summed E-state index contributed by atoms with van der Waals surface area (Å²) >= 11 is 9.23. The summed E-state index contributed by atoms with van der Waals surface area (Å²) in [5.41, 5.74) is 0.958. The number of aromatic nitrogens is 2. The third-order valence-electron chi connectivity index (χ3n) is 1.67. The van der Waals surface area contributed by atoms with Crippen LogP contribution in [0.1, 0.15) is 5.82 Å². The van der Waals surface area contributed by atoms with E-state index in [4.69, 9.17) is 0 Å². The summed E-state index contributed by atoms with van der Waals surface area (Å²) in [6.07, 6.45) is 1.77. The second kappa shape index (κ2) is 4.42. The number of nitrogens with zero attached hydrogens (tertiary/aromatic N) is 2. The topological polar surface area (TPSA) is 25.8 Å². The van der Waals surface area contributed by atoms with Crippen molar-refractivity contribution in [1.82, 2.24) is 9.97 Å². The van der Waals surface area contributed by atoms with Crippen LogP contribution in [0.15, 0.2) is 28.2 Å². The lowest BCUT2D eigenvalue weighted by molar-refractivity contribution is 1.04. The third-order valence-corrected chi connectivity index (χ3v) is 3.60. The summed E-state index contributed by atoms with van der Waals surface area (Å²) in [4.78, 5) is 9.61. The molecular weight excluding hydrogens is 280 g/mol. The van der Waals surface area contributed by atoms with E-state index in [1.54, 1.807) is 17.5 Å². The normalized spacial score (nSPS) is 10.4. The summed E-state index contributed by atoms with van der Waals surface area (Å²) in [5, 5.41) is 0. The minimum atomic E-state index is 0.570. The molecule has 2 aromatic rings. The lowest BCUT2D eigenvalue weighted by Crippen LogP contribution is -1.91. The van der Waals surface area contributed by atoms with Gasteiger partial charge in [-0.2, -0.15) is 12.6 Å². The third kappa shape index (κ3) is 2.16. The average Bonchev–Trinajstić information content (AvgIpc) is 2.65. The molecule has 0 bridgehead atoms. The Kier molecular flexibility index (Phi) is 3.20. The second-order valence-corrected chi connectivity index (χ2v) is 5.40. The summed E-state index contributed by atoms with van der Waals surface area (Å²) < 4.78 is 1.11. The van der Waals surface area contributed by atoms with Crippen molar-refractivity contribution in [2.24, 2.45) is 0 Å². The summed E-state index contributed by atoms with van der Waals surface area (Å²) in [5.74, 6) is 1.33. The van der Waals surface area contributed by atoms with E-state index in [0.29, 0.717) is 5.75 Å². The van der Waals surface area contributed by atoms with Crippen molar-refractivity contribution in [3.05, 3.63) is 34.0 Å². The molecule has 2 rings (SSSR count). The van der Waals surface area contributed by atoms with Gasteiger partial charge < -0.3 is 0 Å². The largest absolute Gasteiger partial charge is 0.240 e. The van der Waals surface area contributed by atoms with E-state index in [9.17, 15) is 0 Å². The maximum atomic E-state index is 4.38. The monoisotopic (exact) mass is 286 g/mol. The van der Waals surface area contributed by atoms with Crippen molar-refractivity contribution >= 4 is 39.9 Å². The van der Waals surface area contributed by atoms with Gasteiger partial charge in [0.2, 0.25) is 0 Å². The number of thiol groups is 1. The molecule has 2 heterocycles. The molecule has 0 saturated heterocycles. The van der Waals surface area contributed by atoms with Gasteiger partial charge >= 0.3 is 0 Å². The van der Waals surface area contributed by atoms with Gasteiger partial charge in [-0.05, 0) is 34.1 Å². The maximum absolute atomic E-state index is 4.38. The molecule has 0 aliphatic heterocycles. The minimum Gasteiger partial charge on any atom is -0.240 e. The van der Waals surface area contributed by atoms with Crippen LogP contribution in [0.25, 0.3) is 10.6 Å².